The van der Waals surface area contributed by atoms with Crippen LogP contribution in [-0.4, -0.2) is 23.9 Å². The smallest absolute Gasteiger partial charge is 0.107 e. The maximum absolute atomic E-state index is 10.6. The maximum Gasteiger partial charge on any atom is 0.107 e. The fraction of sp³-hybridized carbons (Fsp3) is 1.00. The molecule has 1 rings (SSSR count). The van der Waals surface area contributed by atoms with Crippen molar-refractivity contribution in [2.75, 3.05) is 6.61 Å². The number of aliphatic hydroxyl groups is 1. The summed E-state index contributed by atoms with van der Waals surface area (Å²) < 4.78 is 5.38. The Balaban J connectivity index is 2.01. The fourth-order valence-electron chi connectivity index (χ4n) is 4.48. The van der Waals surface area contributed by atoms with E-state index in [2.05, 4.69) is 13.8 Å². The number of epoxide rings is 1. The van der Waals surface area contributed by atoms with Crippen molar-refractivity contribution >= 4 is 0 Å². The Labute approximate surface area is 177 Å². The molecular formula is C26H52O2. The van der Waals surface area contributed by atoms with Crippen molar-refractivity contribution in [3.05, 3.63) is 0 Å². The van der Waals surface area contributed by atoms with Gasteiger partial charge < -0.3 is 9.84 Å². The number of ether oxygens (including phenoxy) is 1. The fourth-order valence-corrected chi connectivity index (χ4v) is 4.48. The molecule has 1 heterocycles. The Morgan fingerprint density at radius 2 is 0.929 bits per heavy atom. The Morgan fingerprint density at radius 3 is 1.25 bits per heavy atom. The Kier molecular flexibility index (Phi) is 17.5. The first-order valence-electron chi connectivity index (χ1n) is 13.1. The van der Waals surface area contributed by atoms with Gasteiger partial charge in [-0.1, -0.05) is 129 Å². The summed E-state index contributed by atoms with van der Waals surface area (Å²) >= 11 is 0. The number of rotatable bonds is 22. The molecule has 1 N–H and O–H groups in total. The van der Waals surface area contributed by atoms with Crippen LogP contribution in [0.3, 0.4) is 0 Å². The molecule has 0 bridgehead atoms. The van der Waals surface area contributed by atoms with Crippen LogP contribution >= 0.6 is 0 Å². The quantitative estimate of drug-likeness (QED) is 0.148. The molecule has 1 saturated heterocycles. The molecule has 2 heteroatoms. The molecule has 1 aliphatic rings. The van der Waals surface area contributed by atoms with Crippen molar-refractivity contribution in [1.29, 1.82) is 0 Å². The van der Waals surface area contributed by atoms with Gasteiger partial charge in [0.2, 0.25) is 0 Å². The van der Waals surface area contributed by atoms with E-state index in [0.29, 0.717) is 5.92 Å². The van der Waals surface area contributed by atoms with E-state index < -0.39 is 0 Å². The van der Waals surface area contributed by atoms with Gasteiger partial charge in [-0.05, 0) is 18.8 Å². The largest absolute Gasteiger partial charge is 0.390 e. The Bertz CT molecular complexity index is 314. The molecule has 1 fully saturated rings. The van der Waals surface area contributed by atoms with E-state index in [1.54, 1.807) is 0 Å². The zero-order chi connectivity index (χ0) is 20.3. The van der Waals surface area contributed by atoms with Gasteiger partial charge in [-0.2, -0.15) is 0 Å². The highest BCUT2D eigenvalue weighted by Gasteiger charge is 2.36. The minimum Gasteiger partial charge on any atom is -0.390 e. The summed E-state index contributed by atoms with van der Waals surface area (Å²) in [6, 6.07) is 0. The minimum absolute atomic E-state index is 0.155. The molecular weight excluding hydrogens is 344 g/mol. The van der Waals surface area contributed by atoms with E-state index >= 15 is 0 Å². The van der Waals surface area contributed by atoms with E-state index in [9.17, 15) is 5.11 Å². The lowest BCUT2D eigenvalue weighted by Gasteiger charge is -2.21. The van der Waals surface area contributed by atoms with Crippen molar-refractivity contribution in [3.63, 3.8) is 0 Å². The molecule has 3 unspecified atom stereocenters. The zero-order valence-corrected chi connectivity index (χ0v) is 19.4. The molecule has 2 nitrogen and oxygen atoms in total. The van der Waals surface area contributed by atoms with Gasteiger partial charge in [0.05, 0.1) is 12.7 Å². The Hall–Kier alpha value is -0.0800. The maximum atomic E-state index is 10.6. The summed E-state index contributed by atoms with van der Waals surface area (Å²) in [6.07, 6.45) is 27.2. The van der Waals surface area contributed by atoms with Crippen molar-refractivity contribution in [1.82, 2.24) is 0 Å². The molecule has 0 aromatic heterocycles. The number of hydrogen-bond acceptors (Lipinski definition) is 2. The van der Waals surface area contributed by atoms with Crippen LogP contribution in [0.1, 0.15) is 142 Å². The summed E-state index contributed by atoms with van der Waals surface area (Å²) in [5.41, 5.74) is 0. The average molecular weight is 397 g/mol. The number of aliphatic hydroxyl groups excluding tert-OH is 1. The summed E-state index contributed by atoms with van der Waals surface area (Å²) in [7, 11) is 0. The summed E-state index contributed by atoms with van der Waals surface area (Å²) in [5.74, 6) is 0.474. The standard InChI is InChI=1S/C26H52O2/c1-3-5-7-9-11-13-14-16-18-20-22-24(26(27)25-23-28-25)21-19-17-15-12-10-8-6-4-2/h24-27H,3-23H2,1-2H3. The second kappa shape index (κ2) is 18.9. The van der Waals surface area contributed by atoms with Gasteiger partial charge in [0.25, 0.3) is 0 Å². The summed E-state index contributed by atoms with van der Waals surface area (Å²) in [5, 5.41) is 10.6. The van der Waals surface area contributed by atoms with Gasteiger partial charge >= 0.3 is 0 Å². The third-order valence-electron chi connectivity index (χ3n) is 6.58. The highest BCUT2D eigenvalue weighted by atomic mass is 16.6. The van der Waals surface area contributed by atoms with Gasteiger partial charge in [0.15, 0.2) is 0 Å². The van der Waals surface area contributed by atoms with E-state index in [1.165, 1.54) is 128 Å². The van der Waals surface area contributed by atoms with E-state index in [0.717, 1.165) is 6.61 Å². The first-order chi connectivity index (χ1) is 13.8. The minimum atomic E-state index is -0.205. The molecule has 168 valence electrons. The lowest BCUT2D eigenvalue weighted by Crippen LogP contribution is -2.26. The van der Waals surface area contributed by atoms with Gasteiger partial charge in [-0.15, -0.1) is 0 Å². The van der Waals surface area contributed by atoms with Crippen molar-refractivity contribution in [3.8, 4) is 0 Å². The van der Waals surface area contributed by atoms with E-state index in [4.69, 9.17) is 4.74 Å². The first kappa shape index (κ1) is 26.0. The average Bonchev–Trinajstić information content (AvgIpc) is 3.54. The van der Waals surface area contributed by atoms with Gasteiger partial charge in [-0.25, -0.2) is 0 Å². The van der Waals surface area contributed by atoms with E-state index in [-0.39, 0.29) is 12.2 Å². The molecule has 28 heavy (non-hydrogen) atoms. The first-order valence-corrected chi connectivity index (χ1v) is 13.1. The van der Waals surface area contributed by atoms with Crippen LogP contribution in [0.25, 0.3) is 0 Å². The van der Waals surface area contributed by atoms with Gasteiger partial charge in [0, 0.05) is 0 Å². The molecule has 0 aliphatic carbocycles. The van der Waals surface area contributed by atoms with E-state index in [1.807, 2.05) is 0 Å². The molecule has 3 atom stereocenters. The third kappa shape index (κ3) is 14.9. The summed E-state index contributed by atoms with van der Waals surface area (Å²) in [4.78, 5) is 0. The van der Waals surface area contributed by atoms with Crippen LogP contribution < -0.4 is 0 Å². The molecule has 1 aliphatic heterocycles. The number of unbranched alkanes of at least 4 members (excludes halogenated alkanes) is 16. The topological polar surface area (TPSA) is 32.8 Å². The van der Waals surface area contributed by atoms with Crippen molar-refractivity contribution < 1.29 is 9.84 Å². The van der Waals surface area contributed by atoms with Crippen LogP contribution in [-0.2, 0) is 4.74 Å². The normalized spacial score (nSPS) is 18.3. The Morgan fingerprint density at radius 1 is 0.607 bits per heavy atom. The van der Waals surface area contributed by atoms with Crippen LogP contribution in [0, 0.1) is 5.92 Å². The predicted octanol–water partition coefficient (Wildman–Crippen LogP) is 8.20. The third-order valence-corrected chi connectivity index (χ3v) is 6.58. The number of hydrogen-bond donors (Lipinski definition) is 1. The lowest BCUT2D eigenvalue weighted by atomic mass is 9.88. The predicted molar refractivity (Wildman–Crippen MR) is 123 cm³/mol. The SMILES string of the molecule is CCCCCCCCCCCCC(CCCCCCCCCC)C(O)C1CO1. The molecule has 0 aromatic rings. The van der Waals surface area contributed by atoms with Crippen LogP contribution in [0.2, 0.25) is 0 Å². The molecule has 0 aromatic carbocycles. The molecule has 0 amide bonds. The van der Waals surface area contributed by atoms with Gasteiger partial charge in [-0.3, -0.25) is 0 Å². The van der Waals surface area contributed by atoms with Crippen LogP contribution in [0.15, 0.2) is 0 Å². The second-order valence-electron chi connectivity index (χ2n) is 9.36. The van der Waals surface area contributed by atoms with Gasteiger partial charge in [0.1, 0.15) is 6.10 Å². The van der Waals surface area contributed by atoms with Crippen LogP contribution in [0.5, 0.6) is 0 Å². The molecule has 0 spiro atoms. The summed E-state index contributed by atoms with van der Waals surface area (Å²) in [6.45, 7) is 5.35. The van der Waals surface area contributed by atoms with Crippen molar-refractivity contribution in [2.45, 2.75) is 154 Å². The highest BCUT2D eigenvalue weighted by molar-refractivity contribution is 4.84. The monoisotopic (exact) mass is 396 g/mol. The van der Waals surface area contributed by atoms with Crippen LogP contribution in [0.4, 0.5) is 0 Å². The van der Waals surface area contributed by atoms with Crippen molar-refractivity contribution in [2.24, 2.45) is 5.92 Å². The molecule has 0 radical (unpaired) electrons. The second-order valence-corrected chi connectivity index (χ2v) is 9.36. The lowest BCUT2D eigenvalue weighted by molar-refractivity contribution is 0.0657. The zero-order valence-electron chi connectivity index (χ0n) is 19.4. The highest BCUT2D eigenvalue weighted by Crippen LogP contribution is 2.29. The molecule has 0 saturated carbocycles.